The molecule has 0 aliphatic carbocycles. The Hall–Kier alpha value is -3.05. The summed E-state index contributed by atoms with van der Waals surface area (Å²) in [7, 11) is -3.83. The lowest BCUT2D eigenvalue weighted by Gasteiger charge is -2.37. The van der Waals surface area contributed by atoms with Crippen LogP contribution < -0.4 is 9.62 Å². The van der Waals surface area contributed by atoms with Crippen LogP contribution in [0.15, 0.2) is 30.6 Å². The number of anilines is 2. The molecule has 3 heterocycles. The molecule has 0 spiro atoms. The van der Waals surface area contributed by atoms with Crippen LogP contribution in [0.3, 0.4) is 0 Å². The first-order chi connectivity index (χ1) is 14.7. The van der Waals surface area contributed by atoms with Gasteiger partial charge in [-0.05, 0) is 24.6 Å². The first-order valence-electron chi connectivity index (χ1n) is 9.63. The van der Waals surface area contributed by atoms with E-state index in [0.717, 1.165) is 12.1 Å². The number of hydrogen-bond acceptors (Lipinski definition) is 6. The summed E-state index contributed by atoms with van der Waals surface area (Å²) in [5, 5.41) is 9.85. The van der Waals surface area contributed by atoms with E-state index in [1.165, 1.54) is 6.20 Å². The van der Waals surface area contributed by atoms with Gasteiger partial charge >= 0.3 is 0 Å². The van der Waals surface area contributed by atoms with Crippen LogP contribution in [0.25, 0.3) is 11.0 Å². The molecule has 0 bridgehead atoms. The quantitative estimate of drug-likeness (QED) is 0.476. The maximum Gasteiger partial charge on any atom is 0.232 e. The van der Waals surface area contributed by atoms with Crippen LogP contribution >= 0.6 is 0 Å². The maximum atomic E-state index is 15.0. The molecule has 1 fully saturated rings. The average Bonchev–Trinajstić information content (AvgIpc) is 3.11. The van der Waals surface area contributed by atoms with Crippen LogP contribution in [0, 0.1) is 11.6 Å². The Bertz CT molecular complexity index is 1270. The summed E-state index contributed by atoms with van der Waals surface area (Å²) >= 11 is 0. The summed E-state index contributed by atoms with van der Waals surface area (Å²) < 4.78 is 55.5. The van der Waals surface area contributed by atoms with Crippen molar-refractivity contribution in [1.29, 1.82) is 0 Å². The van der Waals surface area contributed by atoms with Crippen molar-refractivity contribution in [1.82, 2.24) is 9.97 Å². The van der Waals surface area contributed by atoms with Gasteiger partial charge in [-0.25, -0.2) is 22.2 Å². The summed E-state index contributed by atoms with van der Waals surface area (Å²) in [5.74, 6) is -3.57. The predicted molar refractivity (Wildman–Crippen MR) is 112 cm³/mol. The molecule has 0 amide bonds. The van der Waals surface area contributed by atoms with E-state index in [4.69, 9.17) is 0 Å². The minimum absolute atomic E-state index is 0.00297. The number of nitrogens with zero attached hydrogens (tertiary/aromatic N) is 2. The number of aromatic amines is 1. The number of aromatic nitrogens is 2. The van der Waals surface area contributed by atoms with Crippen LogP contribution in [0.4, 0.5) is 20.2 Å². The fraction of sp³-hybridized carbons (Fsp3) is 0.300. The summed E-state index contributed by atoms with van der Waals surface area (Å²) in [6.45, 7) is 2.49. The molecule has 31 heavy (non-hydrogen) atoms. The highest BCUT2D eigenvalue weighted by atomic mass is 32.2. The van der Waals surface area contributed by atoms with E-state index < -0.39 is 44.8 Å². The van der Waals surface area contributed by atoms with Crippen LogP contribution in [-0.4, -0.2) is 54.2 Å². The number of benzene rings is 1. The molecule has 4 rings (SSSR count). The van der Waals surface area contributed by atoms with Gasteiger partial charge < -0.3 is 15.0 Å². The highest BCUT2D eigenvalue weighted by Gasteiger charge is 2.28. The van der Waals surface area contributed by atoms with Crippen LogP contribution in [0.2, 0.25) is 0 Å². The fourth-order valence-corrected chi connectivity index (χ4v) is 4.61. The first kappa shape index (κ1) is 21.2. The van der Waals surface area contributed by atoms with Gasteiger partial charge in [0.05, 0.1) is 35.0 Å². The Morgan fingerprint density at radius 1 is 1.35 bits per heavy atom. The van der Waals surface area contributed by atoms with Crippen LogP contribution in [0.1, 0.15) is 29.3 Å². The SMILES string of the molecule is CCCS(=O)(=O)Nc1ccc(F)c(C(=O)c2c[nH]c3ncc(N4CC(O)C4)cc23)c1F. The smallest absolute Gasteiger partial charge is 0.232 e. The summed E-state index contributed by atoms with van der Waals surface area (Å²) in [6.07, 6.45) is 2.75. The second-order valence-corrected chi connectivity index (χ2v) is 9.23. The summed E-state index contributed by atoms with van der Waals surface area (Å²) in [4.78, 5) is 21.9. The van der Waals surface area contributed by atoms with Crippen molar-refractivity contribution >= 4 is 38.2 Å². The molecule has 1 aliphatic rings. The van der Waals surface area contributed by atoms with E-state index in [2.05, 4.69) is 14.7 Å². The van der Waals surface area contributed by atoms with Crippen molar-refractivity contribution in [2.45, 2.75) is 19.4 Å². The van der Waals surface area contributed by atoms with Crippen LogP contribution in [0.5, 0.6) is 0 Å². The van der Waals surface area contributed by atoms with E-state index in [9.17, 15) is 22.7 Å². The van der Waals surface area contributed by atoms with Crippen molar-refractivity contribution in [3.8, 4) is 0 Å². The number of sulfonamides is 1. The molecule has 0 radical (unpaired) electrons. The number of carbonyl (C=O) groups excluding carboxylic acids is 1. The molecule has 3 aromatic rings. The molecule has 0 saturated carbocycles. The number of rotatable bonds is 7. The van der Waals surface area contributed by atoms with Gasteiger partial charge in [0, 0.05) is 30.2 Å². The van der Waals surface area contributed by atoms with Crippen molar-refractivity contribution in [2.24, 2.45) is 0 Å². The van der Waals surface area contributed by atoms with Gasteiger partial charge in [0.25, 0.3) is 0 Å². The maximum absolute atomic E-state index is 15.0. The first-order valence-corrected chi connectivity index (χ1v) is 11.3. The zero-order chi connectivity index (χ0) is 22.3. The number of carbonyl (C=O) groups is 1. The Morgan fingerprint density at radius 3 is 2.77 bits per heavy atom. The van der Waals surface area contributed by atoms with E-state index in [0.29, 0.717) is 36.2 Å². The average molecular weight is 450 g/mol. The van der Waals surface area contributed by atoms with E-state index in [1.807, 2.05) is 4.90 Å². The van der Waals surface area contributed by atoms with E-state index in [1.54, 1.807) is 19.2 Å². The highest BCUT2D eigenvalue weighted by molar-refractivity contribution is 7.92. The van der Waals surface area contributed by atoms with Gasteiger partial charge in [0.15, 0.2) is 5.82 Å². The van der Waals surface area contributed by atoms with Crippen molar-refractivity contribution < 1.29 is 27.1 Å². The molecule has 1 aliphatic heterocycles. The molecule has 164 valence electrons. The Kier molecular flexibility index (Phi) is 5.40. The van der Waals surface area contributed by atoms with Crippen molar-refractivity contribution in [3.63, 3.8) is 0 Å². The van der Waals surface area contributed by atoms with Gasteiger partial charge in [-0.3, -0.25) is 9.52 Å². The molecule has 11 heteroatoms. The topological polar surface area (TPSA) is 115 Å². The van der Waals surface area contributed by atoms with Gasteiger partial charge in [0.1, 0.15) is 11.5 Å². The Balaban J connectivity index is 1.73. The summed E-state index contributed by atoms with van der Waals surface area (Å²) in [6, 6.07) is 3.44. The minimum atomic E-state index is -3.83. The lowest BCUT2D eigenvalue weighted by atomic mass is 10.0. The number of β-amino-alcohol motifs (C(OH)–C–C–N with tert-alkyl or cyclic N) is 1. The third-order valence-corrected chi connectivity index (χ3v) is 6.52. The molecule has 0 atom stereocenters. The number of H-pyrrole nitrogens is 1. The van der Waals surface area contributed by atoms with Gasteiger partial charge in [0.2, 0.25) is 15.8 Å². The van der Waals surface area contributed by atoms with E-state index >= 15 is 4.39 Å². The molecule has 8 nitrogen and oxygen atoms in total. The third kappa shape index (κ3) is 3.98. The second-order valence-electron chi connectivity index (χ2n) is 7.38. The number of aliphatic hydroxyl groups excluding tert-OH is 1. The van der Waals surface area contributed by atoms with E-state index in [-0.39, 0.29) is 11.3 Å². The standard InChI is InChI=1S/C20H20F2N4O4S/c1-2-5-31(29,30)25-16-4-3-15(21)17(18(16)22)19(28)14-8-24-20-13(14)6-11(7-23-20)26-9-12(27)10-26/h3-4,6-8,12,25,27H,2,5,9-10H2,1H3,(H,23,24). The largest absolute Gasteiger partial charge is 0.389 e. The number of fused-ring (bicyclic) bond motifs is 1. The molecule has 0 unspecified atom stereocenters. The lowest BCUT2D eigenvalue weighted by molar-refractivity contribution is 0.103. The van der Waals surface area contributed by atoms with Crippen LogP contribution in [-0.2, 0) is 10.0 Å². The van der Waals surface area contributed by atoms with Crippen molar-refractivity contribution in [2.75, 3.05) is 28.5 Å². The lowest BCUT2D eigenvalue weighted by Crippen LogP contribution is -2.50. The summed E-state index contributed by atoms with van der Waals surface area (Å²) in [5.41, 5.74) is -0.340. The zero-order valence-electron chi connectivity index (χ0n) is 16.5. The monoisotopic (exact) mass is 450 g/mol. The molecule has 3 N–H and O–H groups in total. The Morgan fingerprint density at radius 2 is 2.10 bits per heavy atom. The third-order valence-electron chi connectivity index (χ3n) is 5.05. The minimum Gasteiger partial charge on any atom is -0.389 e. The molecule has 2 aromatic heterocycles. The molecular formula is C20H20F2N4O4S. The predicted octanol–water partition coefficient (Wildman–Crippen LogP) is 2.40. The highest BCUT2D eigenvalue weighted by Crippen LogP contribution is 2.30. The number of nitrogens with one attached hydrogen (secondary N) is 2. The number of ketones is 1. The molecule has 1 saturated heterocycles. The van der Waals surface area contributed by atoms with Crippen molar-refractivity contribution in [3.05, 3.63) is 53.4 Å². The number of halogens is 2. The van der Waals surface area contributed by atoms with Gasteiger partial charge in [-0.15, -0.1) is 0 Å². The number of pyridine rings is 1. The molecular weight excluding hydrogens is 430 g/mol. The normalized spacial score (nSPS) is 14.6. The number of hydrogen-bond donors (Lipinski definition) is 3. The van der Waals surface area contributed by atoms with Gasteiger partial charge in [-0.2, -0.15) is 0 Å². The van der Waals surface area contributed by atoms with Gasteiger partial charge in [-0.1, -0.05) is 6.92 Å². The fourth-order valence-electron chi connectivity index (χ4n) is 3.48. The zero-order valence-corrected chi connectivity index (χ0v) is 17.3. The Labute approximate surface area is 177 Å². The molecule has 1 aromatic carbocycles. The second kappa shape index (κ2) is 7.89. The number of aliphatic hydroxyl groups is 1.